The van der Waals surface area contributed by atoms with Crippen molar-refractivity contribution in [1.82, 2.24) is 0 Å². The van der Waals surface area contributed by atoms with E-state index in [1.54, 1.807) is 0 Å². The number of carbonyl (C=O) groups excluding carboxylic acids is 1. The Labute approximate surface area is 114 Å². The smallest absolute Gasteiger partial charge is 0.185 e. The number of aliphatic hydroxyl groups is 2. The van der Waals surface area contributed by atoms with E-state index < -0.39 is 12.2 Å². The molecule has 4 nitrogen and oxygen atoms in total. The molecule has 0 aliphatic carbocycles. The summed E-state index contributed by atoms with van der Waals surface area (Å²) < 4.78 is 0. The summed E-state index contributed by atoms with van der Waals surface area (Å²) >= 11 is 6.82. The first-order chi connectivity index (χ1) is 8.45. The van der Waals surface area contributed by atoms with E-state index in [1.807, 2.05) is 6.07 Å². The number of halogens is 1. The quantitative estimate of drug-likeness (QED) is 0.883. The lowest BCUT2D eigenvalue weighted by Gasteiger charge is -2.18. The maximum Gasteiger partial charge on any atom is 0.185 e. The number of hydrogen-bond acceptors (Lipinski definition) is 5. The van der Waals surface area contributed by atoms with Gasteiger partial charge in [0.25, 0.3) is 0 Å². The molecular formula is C12H12ClNO3S. The van der Waals surface area contributed by atoms with E-state index in [0.717, 1.165) is 11.8 Å². The van der Waals surface area contributed by atoms with Crippen LogP contribution >= 0.6 is 23.4 Å². The van der Waals surface area contributed by atoms with E-state index in [4.69, 9.17) is 16.9 Å². The number of thioether (sulfide) groups is 1. The highest BCUT2D eigenvalue weighted by Crippen LogP contribution is 2.27. The SMILES string of the molecule is CC(=O)SCC(O)C(O)c1cc(C#N)ccc1Cl. The van der Waals surface area contributed by atoms with Gasteiger partial charge in [0.15, 0.2) is 5.12 Å². The number of nitrogens with zero attached hydrogens (tertiary/aromatic N) is 1. The molecule has 0 aromatic heterocycles. The van der Waals surface area contributed by atoms with Gasteiger partial charge in [0.05, 0.1) is 17.7 Å². The van der Waals surface area contributed by atoms with Crippen LogP contribution in [0.3, 0.4) is 0 Å². The summed E-state index contributed by atoms with van der Waals surface area (Å²) in [5.74, 6) is 0.0730. The van der Waals surface area contributed by atoms with Crippen LogP contribution in [0.5, 0.6) is 0 Å². The summed E-state index contributed by atoms with van der Waals surface area (Å²) in [4.78, 5) is 10.8. The minimum atomic E-state index is -1.22. The zero-order valence-corrected chi connectivity index (χ0v) is 11.2. The average Bonchev–Trinajstić information content (AvgIpc) is 2.35. The van der Waals surface area contributed by atoms with Crippen molar-refractivity contribution in [2.45, 2.75) is 19.1 Å². The molecule has 0 saturated carbocycles. The monoisotopic (exact) mass is 285 g/mol. The Hall–Kier alpha value is -1.06. The van der Waals surface area contributed by atoms with Crippen LogP contribution in [0.2, 0.25) is 5.02 Å². The summed E-state index contributed by atoms with van der Waals surface area (Å²) in [6, 6.07) is 6.37. The van der Waals surface area contributed by atoms with Gasteiger partial charge < -0.3 is 10.2 Å². The molecule has 1 rings (SSSR count). The molecule has 0 spiro atoms. The lowest BCUT2D eigenvalue weighted by Crippen LogP contribution is -2.21. The van der Waals surface area contributed by atoms with Gasteiger partial charge in [-0.2, -0.15) is 5.26 Å². The van der Waals surface area contributed by atoms with Gasteiger partial charge in [-0.15, -0.1) is 0 Å². The van der Waals surface area contributed by atoms with Gasteiger partial charge in [0.1, 0.15) is 6.10 Å². The maximum absolute atomic E-state index is 10.8. The van der Waals surface area contributed by atoms with Gasteiger partial charge in [-0.1, -0.05) is 23.4 Å². The van der Waals surface area contributed by atoms with Crippen LogP contribution in [0.4, 0.5) is 0 Å². The topological polar surface area (TPSA) is 81.3 Å². The zero-order chi connectivity index (χ0) is 13.7. The number of carbonyl (C=O) groups is 1. The molecule has 0 saturated heterocycles. The van der Waals surface area contributed by atoms with Gasteiger partial charge >= 0.3 is 0 Å². The molecule has 0 heterocycles. The zero-order valence-electron chi connectivity index (χ0n) is 9.63. The Bertz CT molecular complexity index is 487. The number of hydrogen-bond donors (Lipinski definition) is 2. The summed E-state index contributed by atoms with van der Waals surface area (Å²) in [7, 11) is 0. The minimum Gasteiger partial charge on any atom is -0.389 e. The molecule has 1 aromatic carbocycles. The molecule has 0 fully saturated rings. The number of rotatable bonds is 4. The average molecular weight is 286 g/mol. The Balaban J connectivity index is 2.85. The molecule has 0 amide bonds. The van der Waals surface area contributed by atoms with Crippen molar-refractivity contribution in [1.29, 1.82) is 5.26 Å². The van der Waals surface area contributed by atoms with Gasteiger partial charge in [-0.3, -0.25) is 4.79 Å². The van der Waals surface area contributed by atoms with Crippen LogP contribution < -0.4 is 0 Å². The predicted molar refractivity (Wildman–Crippen MR) is 70.3 cm³/mol. The molecule has 96 valence electrons. The second kappa shape index (κ2) is 6.76. The van der Waals surface area contributed by atoms with Crippen molar-refractivity contribution in [2.75, 3.05) is 5.75 Å². The number of nitriles is 1. The highest BCUT2D eigenvalue weighted by molar-refractivity contribution is 8.13. The van der Waals surface area contributed by atoms with Gasteiger partial charge in [-0.05, 0) is 18.2 Å². The van der Waals surface area contributed by atoms with Crippen molar-refractivity contribution in [2.24, 2.45) is 0 Å². The van der Waals surface area contributed by atoms with Gasteiger partial charge in [0.2, 0.25) is 0 Å². The Morgan fingerprint density at radius 3 is 2.78 bits per heavy atom. The van der Waals surface area contributed by atoms with Crippen molar-refractivity contribution in [3.05, 3.63) is 34.3 Å². The molecular weight excluding hydrogens is 274 g/mol. The third kappa shape index (κ3) is 4.00. The number of benzene rings is 1. The maximum atomic E-state index is 10.8. The minimum absolute atomic E-state index is 0.0730. The molecule has 2 atom stereocenters. The summed E-state index contributed by atoms with van der Waals surface area (Å²) in [6.45, 7) is 1.38. The lowest BCUT2D eigenvalue weighted by atomic mass is 10.0. The molecule has 18 heavy (non-hydrogen) atoms. The Kier molecular flexibility index (Phi) is 5.63. The second-order valence-corrected chi connectivity index (χ2v) is 5.27. The molecule has 0 radical (unpaired) electrons. The van der Waals surface area contributed by atoms with Crippen LogP contribution in [-0.2, 0) is 4.79 Å². The molecule has 2 unspecified atom stereocenters. The molecule has 6 heteroatoms. The van der Waals surface area contributed by atoms with Gasteiger partial charge in [-0.25, -0.2) is 0 Å². The summed E-state index contributed by atoms with van der Waals surface area (Å²) in [5, 5.41) is 28.6. The molecule has 0 aliphatic rings. The van der Waals surface area contributed by atoms with E-state index in [2.05, 4.69) is 0 Å². The fraction of sp³-hybridized carbons (Fsp3) is 0.333. The first-order valence-corrected chi connectivity index (χ1v) is 6.51. The lowest BCUT2D eigenvalue weighted by molar-refractivity contribution is -0.109. The largest absolute Gasteiger partial charge is 0.389 e. The van der Waals surface area contributed by atoms with Crippen molar-refractivity contribution in [3.63, 3.8) is 0 Å². The molecule has 1 aromatic rings. The van der Waals surface area contributed by atoms with E-state index >= 15 is 0 Å². The number of aliphatic hydroxyl groups excluding tert-OH is 2. The normalized spacial score (nSPS) is 13.7. The van der Waals surface area contributed by atoms with Crippen molar-refractivity contribution in [3.8, 4) is 6.07 Å². The van der Waals surface area contributed by atoms with E-state index in [9.17, 15) is 15.0 Å². The highest BCUT2D eigenvalue weighted by atomic mass is 35.5. The van der Waals surface area contributed by atoms with E-state index in [1.165, 1.54) is 25.1 Å². The van der Waals surface area contributed by atoms with Crippen LogP contribution in [-0.4, -0.2) is 27.2 Å². The Morgan fingerprint density at radius 2 is 2.22 bits per heavy atom. The fourth-order valence-electron chi connectivity index (χ4n) is 1.34. The third-order valence-electron chi connectivity index (χ3n) is 2.27. The third-order valence-corrected chi connectivity index (χ3v) is 3.52. The predicted octanol–water partition coefficient (Wildman–Crippen LogP) is 1.89. The standard InChI is InChI=1S/C12H12ClNO3S/c1-7(15)18-6-11(16)12(17)9-4-8(5-14)2-3-10(9)13/h2-4,11-12,16-17H,6H2,1H3. The van der Waals surface area contributed by atoms with Crippen LogP contribution in [0.25, 0.3) is 0 Å². The molecule has 0 aliphatic heterocycles. The molecule has 2 N–H and O–H groups in total. The summed E-state index contributed by atoms with van der Waals surface area (Å²) in [6.07, 6.45) is -2.34. The van der Waals surface area contributed by atoms with Crippen LogP contribution in [0.15, 0.2) is 18.2 Å². The first-order valence-electron chi connectivity index (χ1n) is 5.14. The van der Waals surface area contributed by atoms with Crippen LogP contribution in [0, 0.1) is 11.3 Å². The van der Waals surface area contributed by atoms with Gasteiger partial charge in [0, 0.05) is 23.3 Å². The highest BCUT2D eigenvalue weighted by Gasteiger charge is 2.21. The van der Waals surface area contributed by atoms with Crippen molar-refractivity contribution < 1.29 is 15.0 Å². The van der Waals surface area contributed by atoms with Crippen molar-refractivity contribution >= 4 is 28.5 Å². The Morgan fingerprint density at radius 1 is 1.56 bits per heavy atom. The van der Waals surface area contributed by atoms with Crippen LogP contribution in [0.1, 0.15) is 24.2 Å². The van der Waals surface area contributed by atoms with E-state index in [-0.39, 0.29) is 21.5 Å². The first kappa shape index (κ1) is 15.0. The second-order valence-electron chi connectivity index (χ2n) is 3.66. The summed E-state index contributed by atoms with van der Waals surface area (Å²) in [5.41, 5.74) is 0.632. The van der Waals surface area contributed by atoms with E-state index in [0.29, 0.717) is 5.56 Å². The molecule has 0 bridgehead atoms. The fourth-order valence-corrected chi connectivity index (χ4v) is 2.16.